The third kappa shape index (κ3) is 8.71. The molecule has 3 amide bonds. The summed E-state index contributed by atoms with van der Waals surface area (Å²) in [4.78, 5) is 46.2. The number of para-hydroxylation sites is 1. The number of anilines is 3. The van der Waals surface area contributed by atoms with E-state index in [0.29, 0.717) is 49.5 Å². The van der Waals surface area contributed by atoms with Crippen molar-refractivity contribution in [2.45, 2.75) is 64.3 Å². The molecule has 4 aromatic carbocycles. The molecular weight excluding hydrogens is 709 g/mol. The van der Waals surface area contributed by atoms with E-state index in [2.05, 4.69) is 5.32 Å². The van der Waals surface area contributed by atoms with Crippen LogP contribution >= 0.6 is 0 Å². The lowest BCUT2D eigenvalue weighted by molar-refractivity contribution is -0.139. The molecule has 2 aliphatic rings. The van der Waals surface area contributed by atoms with Gasteiger partial charge in [-0.15, -0.1) is 0 Å². The molecule has 0 saturated carbocycles. The molecule has 0 fully saturated rings. The van der Waals surface area contributed by atoms with Crippen molar-refractivity contribution in [3.63, 3.8) is 0 Å². The first-order chi connectivity index (χ1) is 27.2. The normalized spacial score (nSPS) is 18.3. The molecule has 3 atom stereocenters. The third-order valence-electron chi connectivity index (χ3n) is 10.5. The van der Waals surface area contributed by atoms with Gasteiger partial charge in [-0.2, -0.15) is 0 Å². The van der Waals surface area contributed by atoms with Crippen LogP contribution in [-0.4, -0.2) is 76.9 Å². The summed E-state index contributed by atoms with van der Waals surface area (Å²) in [7, 11) is 0. The quantitative estimate of drug-likeness (QED) is 0.0784. The Balaban J connectivity index is 1.18. The lowest BCUT2D eigenvalue weighted by Gasteiger charge is -2.35. The number of nitrogens with one attached hydrogen (secondary N) is 1. The molecule has 0 radical (unpaired) electrons. The monoisotopic (exact) mass is 760 g/mol. The van der Waals surface area contributed by atoms with Crippen LogP contribution in [0.5, 0.6) is 5.75 Å². The topological polar surface area (TPSA) is 143 Å². The summed E-state index contributed by atoms with van der Waals surface area (Å²) in [5, 5.41) is 34.3. The maximum atomic E-state index is 14.2. The lowest BCUT2D eigenvalue weighted by Crippen LogP contribution is -2.49. The van der Waals surface area contributed by atoms with Gasteiger partial charge >= 0.3 is 0 Å². The minimum absolute atomic E-state index is 0.0529. The van der Waals surface area contributed by atoms with Crippen molar-refractivity contribution in [1.29, 1.82) is 0 Å². The number of carbonyl (C=O) groups excluding carboxylic acids is 3. The van der Waals surface area contributed by atoms with Crippen LogP contribution in [0.15, 0.2) is 109 Å². The Bertz CT molecular complexity index is 2000. The number of hydrogen-bond acceptors (Lipinski definition) is 8. The molecule has 294 valence electrons. The molecule has 0 saturated heterocycles. The van der Waals surface area contributed by atoms with Crippen molar-refractivity contribution in [2.75, 3.05) is 42.7 Å². The first kappa shape index (κ1) is 40.3. The van der Waals surface area contributed by atoms with Gasteiger partial charge in [0, 0.05) is 43.3 Å². The third-order valence-corrected chi connectivity index (χ3v) is 10.5. The van der Waals surface area contributed by atoms with Crippen LogP contribution in [0.1, 0.15) is 55.4 Å². The second-order valence-corrected chi connectivity index (χ2v) is 14.3. The molecule has 4 aromatic rings. The number of benzene rings is 4. The number of rotatable bonds is 18. The van der Waals surface area contributed by atoms with Crippen LogP contribution < -0.4 is 19.9 Å². The summed E-state index contributed by atoms with van der Waals surface area (Å²) in [6, 6.07) is 29.7. The second kappa shape index (κ2) is 18.5. The zero-order valence-corrected chi connectivity index (χ0v) is 32.1. The number of unbranched alkanes of at least 4 members (excludes halogenated alkanes) is 1. The number of carbonyl (C=O) groups is 3. The van der Waals surface area contributed by atoms with Crippen molar-refractivity contribution in [2.24, 2.45) is 5.92 Å². The fourth-order valence-electron chi connectivity index (χ4n) is 7.57. The van der Waals surface area contributed by atoms with E-state index in [1.165, 1.54) is 0 Å². The van der Waals surface area contributed by atoms with E-state index in [1.54, 1.807) is 45.9 Å². The van der Waals surface area contributed by atoms with Gasteiger partial charge in [-0.1, -0.05) is 79.7 Å². The highest BCUT2D eigenvalue weighted by Gasteiger charge is 2.52. The Morgan fingerprint density at radius 2 is 1.70 bits per heavy atom. The standard InChI is InChI=1S/C45H52N4O7/c1-3-56-37-22-23-40-35(28-37)29-39(46-24-9-10-26-50)43(53)49(40)36-20-18-34(19-21-36)31-48-41-16-8-7-15-38(41)45(55,44(48)54)32(2)12-11-17-42(52)47(25-27-51)30-33-13-5-4-6-14-33/h4-8,11-16,18-23,28,32,39,46,50-51,55H,3,9-10,17,24-27,29-31H2,1-2H3/b12-11+/t32-,39?,45+/m1/s1. The Hall–Kier alpha value is -5.33. The number of hydrogen-bond donors (Lipinski definition) is 4. The number of nitrogens with zero attached hydrogens (tertiary/aromatic N) is 3. The van der Waals surface area contributed by atoms with Crippen molar-refractivity contribution < 1.29 is 34.4 Å². The Kier molecular flexibility index (Phi) is 13.4. The van der Waals surface area contributed by atoms with Gasteiger partial charge in [0.05, 0.1) is 37.2 Å². The molecule has 2 heterocycles. The van der Waals surface area contributed by atoms with E-state index in [-0.39, 0.29) is 44.5 Å². The number of amides is 3. The number of aliphatic hydroxyl groups is 3. The predicted octanol–water partition coefficient (Wildman–Crippen LogP) is 5.37. The average Bonchev–Trinajstić information content (AvgIpc) is 3.43. The fraction of sp³-hybridized carbons (Fsp3) is 0.356. The molecule has 0 aromatic heterocycles. The molecular formula is C45H52N4O7. The van der Waals surface area contributed by atoms with E-state index in [4.69, 9.17) is 4.74 Å². The van der Waals surface area contributed by atoms with Gasteiger partial charge in [-0.25, -0.2) is 0 Å². The Labute approximate surface area is 328 Å². The van der Waals surface area contributed by atoms with Crippen LogP contribution in [0.4, 0.5) is 17.1 Å². The molecule has 0 aliphatic carbocycles. The van der Waals surface area contributed by atoms with Gasteiger partial charge in [-0.05, 0) is 85.8 Å². The molecule has 2 aliphatic heterocycles. The molecule has 4 N–H and O–H groups in total. The number of ether oxygens (including phenoxy) is 1. The summed E-state index contributed by atoms with van der Waals surface area (Å²) in [5.74, 6) is -0.621. The molecule has 0 spiro atoms. The highest BCUT2D eigenvalue weighted by molar-refractivity contribution is 6.08. The van der Waals surface area contributed by atoms with Crippen molar-refractivity contribution in [3.05, 3.63) is 131 Å². The maximum Gasteiger partial charge on any atom is 0.264 e. The first-order valence-electron chi connectivity index (χ1n) is 19.5. The van der Waals surface area contributed by atoms with Crippen molar-refractivity contribution in [1.82, 2.24) is 10.2 Å². The fourth-order valence-corrected chi connectivity index (χ4v) is 7.57. The maximum absolute atomic E-state index is 14.2. The van der Waals surface area contributed by atoms with E-state index >= 15 is 0 Å². The molecule has 6 rings (SSSR count). The second-order valence-electron chi connectivity index (χ2n) is 14.3. The van der Waals surface area contributed by atoms with E-state index in [0.717, 1.165) is 34.5 Å². The molecule has 11 heteroatoms. The van der Waals surface area contributed by atoms with Crippen molar-refractivity contribution >= 4 is 34.8 Å². The molecule has 1 unspecified atom stereocenters. The van der Waals surface area contributed by atoms with Gasteiger partial charge in [0.15, 0.2) is 5.60 Å². The van der Waals surface area contributed by atoms with E-state index in [9.17, 15) is 29.7 Å². The molecule has 56 heavy (non-hydrogen) atoms. The summed E-state index contributed by atoms with van der Waals surface area (Å²) < 4.78 is 5.77. The zero-order valence-electron chi connectivity index (χ0n) is 32.1. The van der Waals surface area contributed by atoms with E-state index in [1.807, 2.05) is 91.9 Å². The van der Waals surface area contributed by atoms with Crippen LogP contribution in [0, 0.1) is 5.92 Å². The lowest BCUT2D eigenvalue weighted by atomic mass is 9.83. The summed E-state index contributed by atoms with van der Waals surface area (Å²) in [6.45, 7) is 5.54. The predicted molar refractivity (Wildman–Crippen MR) is 216 cm³/mol. The smallest absolute Gasteiger partial charge is 0.264 e. The zero-order chi connectivity index (χ0) is 39.7. The van der Waals surface area contributed by atoms with Gasteiger partial charge in [-0.3, -0.25) is 19.3 Å². The number of aliphatic hydroxyl groups excluding tert-OH is 2. The van der Waals surface area contributed by atoms with Gasteiger partial charge in [0.1, 0.15) is 5.75 Å². The van der Waals surface area contributed by atoms with Gasteiger partial charge in [0.25, 0.3) is 5.91 Å². The SMILES string of the molecule is CCOc1ccc2c(c1)CC(NCCCCO)C(=O)N2c1ccc(CN2C(=O)[C@](O)([C@H](C)/C=C/CC(=O)N(CCO)Cc3ccccc3)c3ccccc32)cc1. The highest BCUT2D eigenvalue weighted by Crippen LogP contribution is 2.46. The molecule has 11 nitrogen and oxygen atoms in total. The number of fused-ring (bicyclic) bond motifs is 2. The highest BCUT2D eigenvalue weighted by atomic mass is 16.5. The minimum atomic E-state index is -1.85. The van der Waals surface area contributed by atoms with Crippen molar-refractivity contribution in [3.8, 4) is 5.75 Å². The summed E-state index contributed by atoms with van der Waals surface area (Å²) in [6.07, 6.45) is 5.37. The van der Waals surface area contributed by atoms with Crippen LogP contribution in [-0.2, 0) is 39.5 Å². The Morgan fingerprint density at radius 1 is 0.946 bits per heavy atom. The average molecular weight is 761 g/mol. The van der Waals surface area contributed by atoms with Crippen LogP contribution in [0.3, 0.4) is 0 Å². The minimum Gasteiger partial charge on any atom is -0.494 e. The first-order valence-corrected chi connectivity index (χ1v) is 19.5. The van der Waals surface area contributed by atoms with Crippen LogP contribution in [0.2, 0.25) is 0 Å². The van der Waals surface area contributed by atoms with Crippen LogP contribution in [0.25, 0.3) is 0 Å². The molecule has 0 bridgehead atoms. The van der Waals surface area contributed by atoms with Gasteiger partial charge in [0.2, 0.25) is 11.8 Å². The summed E-state index contributed by atoms with van der Waals surface area (Å²) in [5.41, 5.74) is 3.48. The Morgan fingerprint density at radius 3 is 2.43 bits per heavy atom. The largest absolute Gasteiger partial charge is 0.494 e. The van der Waals surface area contributed by atoms with Gasteiger partial charge < -0.3 is 35.2 Å². The van der Waals surface area contributed by atoms with E-state index < -0.39 is 23.5 Å². The summed E-state index contributed by atoms with van der Waals surface area (Å²) >= 11 is 0.